The van der Waals surface area contributed by atoms with Crippen molar-refractivity contribution in [1.82, 2.24) is 25.9 Å². The number of nitrogens with zero attached hydrogens (tertiary/aromatic N) is 2. The highest BCUT2D eigenvalue weighted by molar-refractivity contribution is 7.18. The van der Waals surface area contributed by atoms with Crippen LogP contribution in [-0.4, -0.2) is 45.6 Å². The second-order valence-electron chi connectivity index (χ2n) is 14.1. The zero-order valence-corrected chi connectivity index (χ0v) is 32.4. The summed E-state index contributed by atoms with van der Waals surface area (Å²) in [5, 5.41) is 23.9. The van der Waals surface area contributed by atoms with E-state index in [2.05, 4.69) is 26.3 Å². The fourth-order valence-corrected chi connectivity index (χ4v) is 8.69. The van der Waals surface area contributed by atoms with Gasteiger partial charge in [-0.15, -0.1) is 11.3 Å². The van der Waals surface area contributed by atoms with Gasteiger partial charge < -0.3 is 26.4 Å². The number of benzene rings is 3. The number of aromatic nitrogens is 2. The SMILES string of the molecule is O=C1CC[C@@H](CNCc2ccc(C(F)(F)F)c(/C=C/c3cccc(-c4cccc(Nc5nccc6sc(CNC7CCC(C(=O)O)CC7)nc56)c4Cl)c3Cl)c2)N1. The highest BCUT2D eigenvalue weighted by Crippen LogP contribution is 2.41. The normalized spacial score (nSPS) is 18.8. The fraction of sp³-hybridized carbons (Fsp3) is 0.317. The largest absolute Gasteiger partial charge is 0.481 e. The molecule has 1 aliphatic heterocycles. The maximum atomic E-state index is 14.1. The van der Waals surface area contributed by atoms with Gasteiger partial charge in [0.25, 0.3) is 0 Å². The first-order valence-corrected chi connectivity index (χ1v) is 19.9. The van der Waals surface area contributed by atoms with Crippen molar-refractivity contribution < 1.29 is 27.9 Å². The van der Waals surface area contributed by atoms with Crippen LogP contribution in [0.4, 0.5) is 24.7 Å². The molecule has 3 heterocycles. The molecule has 0 spiro atoms. The summed E-state index contributed by atoms with van der Waals surface area (Å²) in [5.41, 5.74) is 2.90. The number of carbonyl (C=O) groups is 2. The van der Waals surface area contributed by atoms with Crippen molar-refractivity contribution in [3.8, 4) is 11.1 Å². The van der Waals surface area contributed by atoms with E-state index >= 15 is 0 Å². The molecular weight excluding hydrogens is 784 g/mol. The first-order chi connectivity index (χ1) is 26.9. The average Bonchev–Trinajstić information content (AvgIpc) is 3.80. The number of anilines is 2. The Bertz CT molecular complexity index is 2280. The van der Waals surface area contributed by atoms with E-state index in [0.29, 0.717) is 88.2 Å². The molecule has 1 amide bonds. The summed E-state index contributed by atoms with van der Waals surface area (Å²) in [6.07, 6.45) is 4.27. The van der Waals surface area contributed by atoms with Gasteiger partial charge in [0.15, 0.2) is 5.82 Å². The maximum absolute atomic E-state index is 14.1. The zero-order valence-electron chi connectivity index (χ0n) is 30.1. The van der Waals surface area contributed by atoms with Crippen molar-refractivity contribution in [3.63, 3.8) is 0 Å². The van der Waals surface area contributed by atoms with Crippen molar-refractivity contribution in [2.24, 2.45) is 5.92 Å². The van der Waals surface area contributed by atoms with Crippen LogP contribution in [0.15, 0.2) is 66.9 Å². The van der Waals surface area contributed by atoms with E-state index in [1.807, 2.05) is 24.3 Å². The number of aliphatic carboxylic acids is 1. The van der Waals surface area contributed by atoms with Gasteiger partial charge in [0.2, 0.25) is 5.91 Å². The molecule has 15 heteroatoms. The lowest BCUT2D eigenvalue weighted by atomic mass is 9.86. The molecule has 2 fully saturated rings. The molecule has 2 aromatic heterocycles. The van der Waals surface area contributed by atoms with E-state index in [0.717, 1.165) is 35.0 Å². The third-order valence-corrected chi connectivity index (χ3v) is 12.1. The topological polar surface area (TPSA) is 128 Å². The van der Waals surface area contributed by atoms with Gasteiger partial charge in [0.05, 0.1) is 31.9 Å². The Labute approximate surface area is 335 Å². The number of carboxylic acids is 1. The molecule has 0 bridgehead atoms. The van der Waals surface area contributed by atoms with Crippen LogP contribution in [0, 0.1) is 5.92 Å². The zero-order chi connectivity index (χ0) is 39.4. The molecule has 1 saturated carbocycles. The highest BCUT2D eigenvalue weighted by Gasteiger charge is 2.33. The number of carbonyl (C=O) groups excluding carboxylic acids is 1. The number of thiazole rings is 1. The first kappa shape index (κ1) is 39.7. The molecule has 9 nitrogen and oxygen atoms in total. The summed E-state index contributed by atoms with van der Waals surface area (Å²) in [4.78, 5) is 32.2. The number of pyridine rings is 1. The van der Waals surface area contributed by atoms with Gasteiger partial charge in [0.1, 0.15) is 10.5 Å². The lowest BCUT2D eigenvalue weighted by Crippen LogP contribution is -2.35. The van der Waals surface area contributed by atoms with Crippen LogP contribution < -0.4 is 21.3 Å². The van der Waals surface area contributed by atoms with Crippen molar-refractivity contribution in [3.05, 3.63) is 104 Å². The van der Waals surface area contributed by atoms with Gasteiger partial charge in [-0.05, 0) is 73.1 Å². The van der Waals surface area contributed by atoms with Gasteiger partial charge in [-0.1, -0.05) is 71.8 Å². The van der Waals surface area contributed by atoms with E-state index in [4.69, 9.17) is 28.2 Å². The molecule has 1 aliphatic carbocycles. The quantitative estimate of drug-likeness (QED) is 0.0744. The third kappa shape index (κ3) is 9.35. The molecule has 0 radical (unpaired) electrons. The number of rotatable bonds is 13. The van der Waals surface area contributed by atoms with Crippen LogP contribution in [0.5, 0.6) is 0 Å². The van der Waals surface area contributed by atoms with E-state index in [1.165, 1.54) is 18.2 Å². The predicted octanol–water partition coefficient (Wildman–Crippen LogP) is 9.70. The predicted molar refractivity (Wildman–Crippen MR) is 216 cm³/mol. The smallest absolute Gasteiger partial charge is 0.416 e. The lowest BCUT2D eigenvalue weighted by molar-refractivity contribution is -0.143. The molecule has 0 unspecified atom stereocenters. The van der Waals surface area contributed by atoms with Crippen LogP contribution in [0.3, 0.4) is 0 Å². The second kappa shape index (κ2) is 17.3. The monoisotopic (exact) mass is 822 g/mol. The molecular formula is C41H39Cl2F3N6O3S. The van der Waals surface area contributed by atoms with Gasteiger partial charge in [0, 0.05) is 55.5 Å². The summed E-state index contributed by atoms with van der Waals surface area (Å²) in [5.74, 6) is -0.461. The number of hydrogen-bond donors (Lipinski definition) is 5. The Morgan fingerprint density at radius 2 is 1.70 bits per heavy atom. The minimum absolute atomic E-state index is 0.00203. The molecule has 56 heavy (non-hydrogen) atoms. The van der Waals surface area contributed by atoms with E-state index in [-0.39, 0.29) is 29.5 Å². The Hall–Kier alpha value is -4.53. The minimum atomic E-state index is -4.56. The molecule has 2 aliphatic rings. The summed E-state index contributed by atoms with van der Waals surface area (Å²) in [6.45, 7) is 1.42. The standard InChI is InChI=1S/C41H39Cl2F3N6O3S/c42-36-24(8-9-26-19-23(7-15-31(26)41(44,45)46)20-47-21-28-14-16-34(53)50-28)3-1-4-29(36)30-5-2-6-32(37(30)43)51-39-38-33(17-18-48-39)56-35(52-38)22-49-27-12-10-25(11-13-27)40(54)55/h1-9,15,17-19,25,27-28,47,49H,10-14,16,20-22H2,(H,48,51)(H,50,53)(H,54,55)/b9-8+/t25?,27?,28-/m0/s1. The summed E-state index contributed by atoms with van der Waals surface area (Å²) in [7, 11) is 0. The van der Waals surface area contributed by atoms with Gasteiger partial charge in [-0.3, -0.25) is 9.59 Å². The number of nitrogens with one attached hydrogen (secondary N) is 4. The molecule has 1 saturated heterocycles. The Morgan fingerprint density at radius 1 is 0.946 bits per heavy atom. The van der Waals surface area contributed by atoms with Crippen LogP contribution >= 0.6 is 34.5 Å². The number of halogens is 5. The number of amides is 1. The lowest BCUT2D eigenvalue weighted by Gasteiger charge is -2.26. The number of fused-ring (bicyclic) bond motifs is 1. The molecule has 1 atom stereocenters. The number of alkyl halides is 3. The third-order valence-electron chi connectivity index (χ3n) is 10.2. The molecule has 5 aromatic rings. The highest BCUT2D eigenvalue weighted by atomic mass is 35.5. The molecule has 7 rings (SSSR count). The summed E-state index contributed by atoms with van der Waals surface area (Å²) < 4.78 is 43.1. The Morgan fingerprint density at radius 3 is 2.43 bits per heavy atom. The van der Waals surface area contributed by atoms with E-state index in [1.54, 1.807) is 41.8 Å². The van der Waals surface area contributed by atoms with Crippen LogP contribution in [0.25, 0.3) is 33.5 Å². The second-order valence-corrected chi connectivity index (χ2v) is 15.9. The average molecular weight is 824 g/mol. The Kier molecular flexibility index (Phi) is 12.3. The van der Waals surface area contributed by atoms with Crippen molar-refractivity contribution >= 4 is 80.3 Å². The molecule has 3 aromatic carbocycles. The fourth-order valence-electron chi connectivity index (χ4n) is 7.21. The maximum Gasteiger partial charge on any atom is 0.416 e. The molecule has 292 valence electrons. The van der Waals surface area contributed by atoms with Gasteiger partial charge in [-0.25, -0.2) is 9.97 Å². The summed E-state index contributed by atoms with van der Waals surface area (Å²) in [6, 6.07) is 17.0. The van der Waals surface area contributed by atoms with Gasteiger partial charge >= 0.3 is 12.1 Å². The van der Waals surface area contributed by atoms with Crippen LogP contribution in [-0.2, 0) is 28.9 Å². The van der Waals surface area contributed by atoms with Crippen molar-refractivity contribution in [2.75, 3.05) is 11.9 Å². The summed E-state index contributed by atoms with van der Waals surface area (Å²) >= 11 is 15.5. The number of carboxylic acid groups (broad SMARTS) is 1. The van der Waals surface area contributed by atoms with Crippen molar-refractivity contribution in [2.45, 2.75) is 69.9 Å². The van der Waals surface area contributed by atoms with Crippen LogP contribution in [0.1, 0.15) is 65.8 Å². The Balaban J connectivity index is 1.07. The first-order valence-electron chi connectivity index (χ1n) is 18.4. The molecule has 5 N–H and O–H groups in total. The minimum Gasteiger partial charge on any atom is -0.481 e. The van der Waals surface area contributed by atoms with E-state index < -0.39 is 17.7 Å². The van der Waals surface area contributed by atoms with Crippen molar-refractivity contribution in [1.29, 1.82) is 0 Å². The number of hydrogen-bond acceptors (Lipinski definition) is 8. The van der Waals surface area contributed by atoms with Crippen LogP contribution in [0.2, 0.25) is 10.0 Å². The van der Waals surface area contributed by atoms with E-state index in [9.17, 15) is 27.9 Å². The van der Waals surface area contributed by atoms with Gasteiger partial charge in [-0.2, -0.15) is 13.2 Å².